The number of para-hydroxylation sites is 1. The predicted octanol–water partition coefficient (Wildman–Crippen LogP) is 2.71. The van der Waals surface area contributed by atoms with Gasteiger partial charge in [0.1, 0.15) is 4.88 Å². The Bertz CT molecular complexity index is 732. The largest absolute Gasteiger partial charge is 0.495 e. The maximum absolute atomic E-state index is 13.0. The molecule has 0 saturated carbocycles. The first-order valence-corrected chi connectivity index (χ1v) is 7.60. The fourth-order valence-electron chi connectivity index (χ4n) is 2.12. The Labute approximate surface area is 141 Å². The highest BCUT2D eigenvalue weighted by molar-refractivity contribution is 7.13. The van der Waals surface area contributed by atoms with Gasteiger partial charge in [-0.15, -0.1) is 11.3 Å². The minimum atomic E-state index is -4.70. The van der Waals surface area contributed by atoms with Gasteiger partial charge in [0.15, 0.2) is 5.69 Å². The van der Waals surface area contributed by atoms with Gasteiger partial charge in [-0.3, -0.25) is 4.79 Å². The molecule has 0 saturated heterocycles. The van der Waals surface area contributed by atoms with Crippen LogP contribution in [0.5, 0.6) is 0 Å². The molecule has 0 fully saturated rings. The molecule has 1 heterocycles. The molecule has 10 heteroatoms. The molecule has 0 atom stereocenters. The fourth-order valence-corrected chi connectivity index (χ4v) is 2.95. The topological polar surface area (TPSA) is 60.5 Å². The molecule has 0 aliphatic heterocycles. The van der Waals surface area contributed by atoms with Gasteiger partial charge >= 0.3 is 13.3 Å². The quantitative estimate of drug-likeness (QED) is 0.835. The van der Waals surface area contributed by atoms with Crippen LogP contribution in [-0.4, -0.2) is 32.2 Å². The number of thiazole rings is 1. The van der Waals surface area contributed by atoms with E-state index < -0.39 is 29.8 Å². The maximum atomic E-state index is 13.0. The second-order valence-electron chi connectivity index (χ2n) is 4.75. The average Bonchev–Trinajstić information content (AvgIpc) is 2.92. The lowest BCUT2D eigenvalue weighted by Crippen LogP contribution is -2.37. The van der Waals surface area contributed by atoms with Crippen molar-refractivity contribution in [3.05, 3.63) is 39.8 Å². The zero-order valence-electron chi connectivity index (χ0n) is 13.1. The summed E-state index contributed by atoms with van der Waals surface area (Å²) in [6.45, 7) is 1.41. The van der Waals surface area contributed by atoms with Crippen molar-refractivity contribution < 1.29 is 27.3 Å². The van der Waals surface area contributed by atoms with Crippen LogP contribution >= 0.6 is 11.3 Å². The van der Waals surface area contributed by atoms with E-state index in [9.17, 15) is 18.0 Å². The molecule has 2 rings (SSSR count). The van der Waals surface area contributed by atoms with Gasteiger partial charge in [-0.2, -0.15) is 13.2 Å². The summed E-state index contributed by atoms with van der Waals surface area (Å²) in [6.07, 6.45) is -4.70. The monoisotopic (exact) mass is 358 g/mol. The SMILES string of the molecule is COB(OC)c1ccccc1NC(=O)c1sc(C)nc1C(F)(F)F. The number of alkyl halides is 3. The molecular weight excluding hydrogens is 344 g/mol. The standard InChI is InChI=1S/C14H14BF3N2O3S/c1-8-19-12(14(16,17)18)11(24-8)13(21)20-10-7-5-4-6-9(10)15(22-2)23-3/h4-7H,1-3H3,(H,20,21). The normalized spacial score (nSPS) is 11.4. The Kier molecular flexibility index (Phi) is 5.63. The number of nitrogens with one attached hydrogen (secondary N) is 1. The summed E-state index contributed by atoms with van der Waals surface area (Å²) in [4.78, 5) is 15.3. The number of benzene rings is 1. The molecule has 2 aromatic rings. The number of aryl methyl sites for hydroxylation is 1. The molecular formula is C14H14BF3N2O3S. The van der Waals surface area contributed by atoms with E-state index in [0.717, 1.165) is 0 Å². The van der Waals surface area contributed by atoms with E-state index in [0.29, 0.717) is 22.5 Å². The van der Waals surface area contributed by atoms with Gasteiger partial charge in [-0.05, 0) is 13.0 Å². The van der Waals surface area contributed by atoms with Gasteiger partial charge in [0.25, 0.3) is 5.91 Å². The molecule has 1 N–H and O–H groups in total. The van der Waals surface area contributed by atoms with Crippen LogP contribution in [0.2, 0.25) is 0 Å². The van der Waals surface area contributed by atoms with Gasteiger partial charge < -0.3 is 14.6 Å². The van der Waals surface area contributed by atoms with Crippen LogP contribution in [0.4, 0.5) is 18.9 Å². The van der Waals surface area contributed by atoms with Crippen LogP contribution in [0, 0.1) is 6.92 Å². The van der Waals surface area contributed by atoms with E-state index in [1.54, 1.807) is 24.3 Å². The molecule has 1 aromatic heterocycles. The molecule has 1 amide bonds. The van der Waals surface area contributed by atoms with E-state index in [4.69, 9.17) is 9.31 Å². The molecule has 128 valence electrons. The lowest BCUT2D eigenvalue weighted by Gasteiger charge is -2.14. The van der Waals surface area contributed by atoms with Gasteiger partial charge in [0.05, 0.1) is 5.01 Å². The molecule has 1 aromatic carbocycles. The Hall–Kier alpha value is -1.91. The smallest absolute Gasteiger partial charge is 0.410 e. The van der Waals surface area contributed by atoms with Crippen LogP contribution in [0.3, 0.4) is 0 Å². The number of anilines is 1. The van der Waals surface area contributed by atoms with E-state index in [1.165, 1.54) is 21.1 Å². The summed E-state index contributed by atoms with van der Waals surface area (Å²) in [5.41, 5.74) is -0.393. The minimum Gasteiger partial charge on any atom is -0.410 e. The molecule has 5 nitrogen and oxygen atoms in total. The molecule has 0 radical (unpaired) electrons. The van der Waals surface area contributed by atoms with E-state index in [1.807, 2.05) is 0 Å². The van der Waals surface area contributed by atoms with Gasteiger partial charge in [-0.1, -0.05) is 18.2 Å². The predicted molar refractivity (Wildman–Crippen MR) is 85.7 cm³/mol. The summed E-state index contributed by atoms with van der Waals surface area (Å²) in [5.74, 6) is -0.883. The third-order valence-electron chi connectivity index (χ3n) is 3.10. The van der Waals surface area contributed by atoms with Crippen LogP contribution in [0.15, 0.2) is 24.3 Å². The maximum Gasteiger partial charge on any atom is 0.495 e. The number of carbonyl (C=O) groups is 1. The number of halogens is 3. The Morgan fingerprint density at radius 1 is 1.25 bits per heavy atom. The highest BCUT2D eigenvalue weighted by Crippen LogP contribution is 2.34. The summed E-state index contributed by atoms with van der Waals surface area (Å²) < 4.78 is 49.3. The second kappa shape index (κ2) is 7.33. The molecule has 24 heavy (non-hydrogen) atoms. The summed E-state index contributed by atoms with van der Waals surface area (Å²) in [7, 11) is 2.08. The van der Waals surface area contributed by atoms with Crippen LogP contribution in [-0.2, 0) is 15.5 Å². The van der Waals surface area contributed by atoms with E-state index >= 15 is 0 Å². The number of carbonyl (C=O) groups excluding carboxylic acids is 1. The van der Waals surface area contributed by atoms with Crippen molar-refractivity contribution in [2.75, 3.05) is 19.5 Å². The number of aromatic nitrogens is 1. The molecule has 0 unspecified atom stereocenters. The minimum absolute atomic E-state index is 0.160. The number of rotatable bonds is 5. The average molecular weight is 358 g/mol. The molecule has 0 aliphatic rings. The Balaban J connectivity index is 2.35. The molecule has 0 bridgehead atoms. The fraction of sp³-hybridized carbons (Fsp3) is 0.286. The number of nitrogens with zero attached hydrogens (tertiary/aromatic N) is 1. The van der Waals surface area contributed by atoms with Gasteiger partial charge in [0, 0.05) is 25.4 Å². The number of hydrogen-bond acceptors (Lipinski definition) is 5. The lowest BCUT2D eigenvalue weighted by molar-refractivity contribution is -0.141. The van der Waals surface area contributed by atoms with Crippen molar-refractivity contribution in [2.24, 2.45) is 0 Å². The summed E-state index contributed by atoms with van der Waals surface area (Å²) >= 11 is 0.689. The van der Waals surface area contributed by atoms with Gasteiger partial charge in [0.2, 0.25) is 0 Å². The van der Waals surface area contributed by atoms with Crippen molar-refractivity contribution in [1.29, 1.82) is 0 Å². The highest BCUT2D eigenvalue weighted by atomic mass is 32.1. The van der Waals surface area contributed by atoms with Crippen molar-refractivity contribution in [2.45, 2.75) is 13.1 Å². The zero-order chi connectivity index (χ0) is 17.9. The first kappa shape index (κ1) is 18.4. The number of hydrogen-bond donors (Lipinski definition) is 1. The summed E-state index contributed by atoms with van der Waals surface area (Å²) in [6, 6.07) is 6.55. The Morgan fingerprint density at radius 3 is 2.46 bits per heavy atom. The number of amides is 1. The van der Waals surface area contributed by atoms with Crippen molar-refractivity contribution in [3.63, 3.8) is 0 Å². The molecule has 0 aliphatic carbocycles. The lowest BCUT2D eigenvalue weighted by atomic mass is 9.77. The van der Waals surface area contributed by atoms with E-state index in [2.05, 4.69) is 10.3 Å². The van der Waals surface area contributed by atoms with Crippen LogP contribution in [0.25, 0.3) is 0 Å². The zero-order valence-corrected chi connectivity index (χ0v) is 13.9. The van der Waals surface area contributed by atoms with Crippen molar-refractivity contribution in [3.8, 4) is 0 Å². The van der Waals surface area contributed by atoms with Crippen molar-refractivity contribution >= 4 is 35.5 Å². The van der Waals surface area contributed by atoms with Crippen LogP contribution in [0.1, 0.15) is 20.4 Å². The Morgan fingerprint density at radius 2 is 1.88 bits per heavy atom. The van der Waals surface area contributed by atoms with Crippen LogP contribution < -0.4 is 10.8 Å². The first-order valence-electron chi connectivity index (χ1n) is 6.78. The van der Waals surface area contributed by atoms with Crippen molar-refractivity contribution in [1.82, 2.24) is 4.98 Å². The third kappa shape index (κ3) is 3.95. The van der Waals surface area contributed by atoms with E-state index in [-0.39, 0.29) is 5.01 Å². The third-order valence-corrected chi connectivity index (χ3v) is 4.07. The summed E-state index contributed by atoms with van der Waals surface area (Å²) in [5, 5.41) is 2.63. The highest BCUT2D eigenvalue weighted by Gasteiger charge is 2.39. The molecule has 0 spiro atoms. The van der Waals surface area contributed by atoms with Gasteiger partial charge in [-0.25, -0.2) is 4.98 Å². The second-order valence-corrected chi connectivity index (χ2v) is 5.96. The first-order chi connectivity index (χ1) is 11.3.